The Morgan fingerprint density at radius 2 is 1.35 bits per heavy atom. The molecule has 0 bridgehead atoms. The number of carbonyl (C=O) groups excluding carboxylic acids is 3. The maximum atomic E-state index is 12.8. The summed E-state index contributed by atoms with van der Waals surface area (Å²) in [4.78, 5) is 34.4. The van der Waals surface area contributed by atoms with E-state index in [-0.39, 0.29) is 0 Å². The maximum Gasteiger partial charge on any atom is 0.343 e. The smallest absolute Gasteiger partial charge is 0.343 e. The van der Waals surface area contributed by atoms with Crippen molar-refractivity contribution in [3.05, 3.63) is 114 Å². The molecule has 4 rings (SSSR count). The third-order valence-electron chi connectivity index (χ3n) is 5.75. The van der Waals surface area contributed by atoms with E-state index in [9.17, 15) is 9.59 Å². The second-order valence-electron chi connectivity index (χ2n) is 8.86. The van der Waals surface area contributed by atoms with E-state index in [0.29, 0.717) is 47.7 Å². The molecule has 0 amide bonds. The van der Waals surface area contributed by atoms with Gasteiger partial charge in [-0.2, -0.15) is 0 Å². The van der Waals surface area contributed by atoms with Crippen LogP contribution in [0.1, 0.15) is 38.3 Å². The maximum absolute atomic E-state index is 12.8. The van der Waals surface area contributed by atoms with E-state index >= 15 is 0 Å². The Hall–Kier alpha value is -4.75. The summed E-state index contributed by atoms with van der Waals surface area (Å²) >= 11 is 0. The van der Waals surface area contributed by atoms with Crippen molar-refractivity contribution >= 4 is 29.0 Å². The van der Waals surface area contributed by atoms with Gasteiger partial charge in [0.2, 0.25) is 0 Å². The van der Waals surface area contributed by atoms with Gasteiger partial charge in [0.25, 0.3) is 0 Å². The van der Waals surface area contributed by atoms with Crippen molar-refractivity contribution < 1.29 is 33.3 Å². The first-order valence-corrected chi connectivity index (χ1v) is 12.7. The summed E-state index contributed by atoms with van der Waals surface area (Å²) in [5.41, 5.74) is 2.53. The number of benzene rings is 4. The van der Waals surface area contributed by atoms with E-state index in [1.807, 2.05) is 43.3 Å². The number of ether oxygens (including phenoxy) is 4. The molecule has 0 saturated carbocycles. The molecule has 0 aromatic heterocycles. The summed E-state index contributed by atoms with van der Waals surface area (Å²) in [6, 6.07) is 23.2. The highest BCUT2D eigenvalue weighted by Crippen LogP contribution is 2.25. The van der Waals surface area contributed by atoms with Gasteiger partial charge in [0, 0.05) is 20.1 Å². The van der Waals surface area contributed by atoms with Crippen molar-refractivity contribution in [2.75, 3.05) is 20.3 Å². The number of esters is 2. The number of carbonyl (C=O) groups is 3. The molecule has 206 valence electrons. The van der Waals surface area contributed by atoms with Gasteiger partial charge in [-0.1, -0.05) is 36.4 Å². The molecular weight excluding hydrogens is 508 g/mol. The molecule has 0 atom stereocenters. The van der Waals surface area contributed by atoms with Crippen LogP contribution in [0.5, 0.6) is 17.2 Å². The molecule has 0 unspecified atom stereocenters. The second-order valence-corrected chi connectivity index (χ2v) is 8.86. The highest BCUT2D eigenvalue weighted by molar-refractivity contribution is 5.97. The quantitative estimate of drug-likeness (QED) is 0.0729. The number of allylic oxidation sites excluding steroid dienone is 1. The van der Waals surface area contributed by atoms with E-state index in [2.05, 4.69) is 6.58 Å². The molecule has 0 saturated heterocycles. The van der Waals surface area contributed by atoms with E-state index in [1.165, 1.54) is 6.08 Å². The predicted molar refractivity (Wildman–Crippen MR) is 154 cm³/mol. The number of fused-ring (bicyclic) bond motifs is 1. The Labute approximate surface area is 233 Å². The molecule has 4 aromatic rings. The summed E-state index contributed by atoms with van der Waals surface area (Å²) in [6.45, 7) is 8.08. The molecule has 40 heavy (non-hydrogen) atoms. The molecule has 0 aliphatic carbocycles. The highest BCUT2D eigenvalue weighted by Gasteiger charge is 2.15. The van der Waals surface area contributed by atoms with Gasteiger partial charge < -0.3 is 18.9 Å². The molecule has 0 aliphatic rings. The zero-order chi connectivity index (χ0) is 28.9. The predicted octanol–water partition coefficient (Wildman–Crippen LogP) is 6.68. The van der Waals surface area contributed by atoms with Crippen molar-refractivity contribution in [2.24, 2.45) is 0 Å². The van der Waals surface area contributed by atoms with Gasteiger partial charge in [0.15, 0.2) is 0 Å². The van der Waals surface area contributed by atoms with Crippen molar-refractivity contribution in [1.29, 1.82) is 0 Å². The Morgan fingerprint density at radius 3 is 2.02 bits per heavy atom. The second kappa shape index (κ2) is 15.0. The van der Waals surface area contributed by atoms with Gasteiger partial charge in [0.05, 0.1) is 17.7 Å². The fraction of sp³-hybridized carbons (Fsp3) is 0.182. The van der Waals surface area contributed by atoms with Crippen LogP contribution in [-0.4, -0.2) is 38.5 Å². The van der Waals surface area contributed by atoms with E-state index in [0.717, 1.165) is 28.5 Å². The third kappa shape index (κ3) is 8.64. The minimum Gasteiger partial charge on any atom is -0.493 e. The minimum absolute atomic E-state index is 0.374. The van der Waals surface area contributed by atoms with Crippen LogP contribution in [0.15, 0.2) is 91.5 Å². The Morgan fingerprint density at radius 1 is 0.750 bits per heavy atom. The lowest BCUT2D eigenvalue weighted by molar-refractivity contribution is -0.104. The molecule has 7 heteroatoms. The molecule has 0 fully saturated rings. The lowest BCUT2D eigenvalue weighted by Gasteiger charge is -2.11. The average molecular weight is 541 g/mol. The minimum atomic E-state index is -0.477. The fourth-order valence-electron chi connectivity index (χ4n) is 3.66. The van der Waals surface area contributed by atoms with Crippen LogP contribution in [0.2, 0.25) is 0 Å². The molecule has 7 nitrogen and oxygen atoms in total. The van der Waals surface area contributed by atoms with Gasteiger partial charge in [-0.05, 0) is 90.9 Å². The first kappa shape index (κ1) is 29.8. The number of hydrogen-bond acceptors (Lipinski definition) is 7. The Balaban J connectivity index is 0.00000103. The van der Waals surface area contributed by atoms with Crippen LogP contribution in [0.4, 0.5) is 0 Å². The van der Waals surface area contributed by atoms with Crippen LogP contribution >= 0.6 is 0 Å². The number of hydrogen-bond donors (Lipinski definition) is 0. The molecule has 0 spiro atoms. The summed E-state index contributed by atoms with van der Waals surface area (Å²) in [7, 11) is 1.67. The van der Waals surface area contributed by atoms with Gasteiger partial charge in [-0.3, -0.25) is 4.79 Å². The number of aryl methyl sites for hydroxylation is 2. The molecule has 4 aromatic carbocycles. The highest BCUT2D eigenvalue weighted by atomic mass is 16.5. The van der Waals surface area contributed by atoms with E-state index < -0.39 is 11.9 Å². The first-order chi connectivity index (χ1) is 19.3. The lowest BCUT2D eigenvalue weighted by atomic mass is 10.1. The van der Waals surface area contributed by atoms with Crippen molar-refractivity contribution in [1.82, 2.24) is 0 Å². The standard InChI is InChI=1S/C30H28O6.C3H4O/c1-20-5-11-26(12-6-20)35-29(31)24-10-14-28(21(2)17-24)36-30(32)25-8-7-23-19-27(13-9-22(23)18-25)34-16-4-15-33-3;1-2-3-4/h5-14,17-19H,4,15-16H2,1-3H3;2-3H,1H2. The van der Waals surface area contributed by atoms with Gasteiger partial charge in [-0.15, -0.1) is 0 Å². The largest absolute Gasteiger partial charge is 0.493 e. The molecule has 0 radical (unpaired) electrons. The number of aldehydes is 1. The van der Waals surface area contributed by atoms with Crippen LogP contribution in [0, 0.1) is 13.8 Å². The summed E-state index contributed by atoms with van der Waals surface area (Å²) in [6.07, 6.45) is 2.65. The molecule has 0 aliphatic heterocycles. The van der Waals surface area contributed by atoms with Crippen LogP contribution in [0.25, 0.3) is 10.8 Å². The molecule has 0 heterocycles. The van der Waals surface area contributed by atoms with E-state index in [4.69, 9.17) is 23.7 Å². The van der Waals surface area contributed by atoms with Crippen molar-refractivity contribution in [2.45, 2.75) is 20.3 Å². The van der Waals surface area contributed by atoms with Crippen LogP contribution in [-0.2, 0) is 9.53 Å². The first-order valence-electron chi connectivity index (χ1n) is 12.7. The summed E-state index contributed by atoms with van der Waals surface area (Å²) in [5.74, 6) is 0.670. The Kier molecular flexibility index (Phi) is 11.2. The average Bonchev–Trinajstić information content (AvgIpc) is 2.97. The summed E-state index contributed by atoms with van der Waals surface area (Å²) in [5, 5.41) is 1.86. The number of rotatable bonds is 10. The number of methoxy groups -OCH3 is 1. The normalized spacial score (nSPS) is 10.2. The zero-order valence-corrected chi connectivity index (χ0v) is 22.8. The fourth-order valence-corrected chi connectivity index (χ4v) is 3.66. The third-order valence-corrected chi connectivity index (χ3v) is 5.75. The van der Waals surface area contributed by atoms with Gasteiger partial charge >= 0.3 is 11.9 Å². The van der Waals surface area contributed by atoms with Gasteiger partial charge in [0.1, 0.15) is 23.5 Å². The lowest BCUT2D eigenvalue weighted by Crippen LogP contribution is -2.11. The summed E-state index contributed by atoms with van der Waals surface area (Å²) < 4.78 is 21.8. The van der Waals surface area contributed by atoms with Gasteiger partial charge in [-0.25, -0.2) is 9.59 Å². The zero-order valence-electron chi connectivity index (χ0n) is 22.8. The van der Waals surface area contributed by atoms with Crippen LogP contribution in [0.3, 0.4) is 0 Å². The van der Waals surface area contributed by atoms with E-state index in [1.54, 1.807) is 56.5 Å². The van der Waals surface area contributed by atoms with Crippen LogP contribution < -0.4 is 14.2 Å². The molecular formula is C33H32O7. The topological polar surface area (TPSA) is 88.1 Å². The van der Waals surface area contributed by atoms with Crippen molar-refractivity contribution in [3.63, 3.8) is 0 Å². The SMILES string of the molecule is C=CC=O.COCCCOc1ccc2cc(C(=O)Oc3ccc(C(=O)Oc4ccc(C)cc4)cc3C)ccc2c1. The van der Waals surface area contributed by atoms with Crippen molar-refractivity contribution in [3.8, 4) is 17.2 Å². The molecule has 0 N–H and O–H groups in total. The Bertz CT molecular complexity index is 1470. The monoisotopic (exact) mass is 540 g/mol.